The number of thiophene rings is 1. The molecule has 0 fully saturated rings. The van der Waals surface area contributed by atoms with Gasteiger partial charge in [-0.05, 0) is 43.5 Å². The predicted octanol–water partition coefficient (Wildman–Crippen LogP) is 0.821. The zero-order chi connectivity index (χ0) is 19.5. The third kappa shape index (κ3) is 4.57. The average Bonchev–Trinajstić information content (AvgIpc) is 3.02. The van der Waals surface area contributed by atoms with Crippen LogP contribution in [0.2, 0.25) is 0 Å². The second-order valence-corrected chi connectivity index (χ2v) is 8.67. The van der Waals surface area contributed by atoms with Crippen LogP contribution < -0.4 is 16.0 Å². The van der Waals surface area contributed by atoms with Crippen molar-refractivity contribution in [1.82, 2.24) is 10.3 Å². The van der Waals surface area contributed by atoms with E-state index in [4.69, 9.17) is 10.4 Å². The first-order chi connectivity index (χ1) is 12.1. The number of carbonyl (C=O) groups excluding carboxylic acids is 1. The lowest BCUT2D eigenvalue weighted by Gasteiger charge is -2.10. The van der Waals surface area contributed by atoms with Crippen molar-refractivity contribution in [2.45, 2.75) is 37.4 Å². The number of primary sulfonamides is 1. The Morgan fingerprint density at radius 1 is 1.38 bits per heavy atom. The summed E-state index contributed by atoms with van der Waals surface area (Å²) in [5, 5.41) is 16.8. The van der Waals surface area contributed by atoms with Gasteiger partial charge in [0, 0.05) is 17.0 Å². The maximum atomic E-state index is 12.1. The molecule has 2 aromatic heterocycles. The van der Waals surface area contributed by atoms with Gasteiger partial charge >= 0.3 is 0 Å². The lowest BCUT2D eigenvalue weighted by molar-refractivity contribution is -0.121. The van der Waals surface area contributed by atoms with Crippen molar-refractivity contribution in [1.29, 1.82) is 5.26 Å². The molecule has 0 saturated carbocycles. The lowest BCUT2D eigenvalue weighted by atomic mass is 9.99. The van der Waals surface area contributed by atoms with Crippen LogP contribution in [0.5, 0.6) is 0 Å². The summed E-state index contributed by atoms with van der Waals surface area (Å²) >= 11 is 1.00. The molecule has 8 nitrogen and oxygen atoms in total. The van der Waals surface area contributed by atoms with Crippen LogP contribution in [-0.4, -0.2) is 19.3 Å². The molecule has 0 aromatic carbocycles. The SMILES string of the molecule is Cc1[nH]c(=O)c(C#N)c(C)c1CCC(=O)NCc1ccc(S(N)(=O)=O)s1. The first kappa shape index (κ1) is 19.8. The van der Waals surface area contributed by atoms with Crippen molar-refractivity contribution in [3.8, 4) is 6.07 Å². The smallest absolute Gasteiger partial charge is 0.266 e. The number of carbonyl (C=O) groups is 1. The molecule has 0 aliphatic carbocycles. The number of aromatic amines is 1. The van der Waals surface area contributed by atoms with E-state index in [2.05, 4.69) is 10.3 Å². The van der Waals surface area contributed by atoms with Gasteiger partial charge in [0.15, 0.2) is 0 Å². The van der Waals surface area contributed by atoms with E-state index in [1.807, 2.05) is 6.07 Å². The number of hydrogen-bond acceptors (Lipinski definition) is 6. The van der Waals surface area contributed by atoms with E-state index < -0.39 is 15.6 Å². The summed E-state index contributed by atoms with van der Waals surface area (Å²) in [7, 11) is -3.74. The number of aryl methyl sites for hydroxylation is 1. The third-order valence-electron chi connectivity index (χ3n) is 3.90. The number of nitrogens with two attached hydrogens (primary N) is 1. The highest BCUT2D eigenvalue weighted by Gasteiger charge is 2.14. The average molecular weight is 394 g/mol. The Morgan fingerprint density at radius 3 is 2.65 bits per heavy atom. The quantitative estimate of drug-likeness (QED) is 0.664. The van der Waals surface area contributed by atoms with Gasteiger partial charge in [-0.2, -0.15) is 5.26 Å². The summed E-state index contributed by atoms with van der Waals surface area (Å²) in [4.78, 5) is 27.0. The maximum Gasteiger partial charge on any atom is 0.266 e. The normalized spacial score (nSPS) is 11.2. The second kappa shape index (κ2) is 7.82. The summed E-state index contributed by atoms with van der Waals surface area (Å²) in [6, 6.07) is 4.88. The molecule has 1 amide bonds. The van der Waals surface area contributed by atoms with E-state index in [0.717, 1.165) is 16.9 Å². The number of amides is 1. The van der Waals surface area contributed by atoms with Crippen LogP contribution in [0.25, 0.3) is 0 Å². The zero-order valence-corrected chi connectivity index (χ0v) is 15.9. The topological polar surface area (TPSA) is 146 Å². The molecule has 0 aliphatic rings. The maximum absolute atomic E-state index is 12.1. The van der Waals surface area contributed by atoms with Crippen LogP contribution >= 0.6 is 11.3 Å². The number of pyridine rings is 1. The van der Waals surface area contributed by atoms with Gasteiger partial charge in [0.05, 0.1) is 6.54 Å². The first-order valence-corrected chi connectivity index (χ1v) is 10.0. The Hall–Kier alpha value is -2.48. The standard InChI is InChI=1S/C16H18N4O4S2/c1-9-12(10(2)20-16(22)13(9)7-17)4-5-14(21)19-8-11-3-6-15(25-11)26(18,23)24/h3,6H,4-5,8H2,1-2H3,(H,19,21)(H,20,22)(H2,18,23,24). The monoisotopic (exact) mass is 394 g/mol. The molecule has 2 heterocycles. The van der Waals surface area contributed by atoms with Gasteiger partial charge in [-0.25, -0.2) is 13.6 Å². The van der Waals surface area contributed by atoms with Crippen LogP contribution in [0.1, 0.15) is 33.7 Å². The summed E-state index contributed by atoms with van der Waals surface area (Å²) in [5.41, 5.74) is 1.61. The summed E-state index contributed by atoms with van der Waals surface area (Å²) < 4.78 is 22.5. The van der Waals surface area contributed by atoms with E-state index in [1.165, 1.54) is 6.07 Å². The number of H-pyrrole nitrogens is 1. The van der Waals surface area contributed by atoms with Crippen LogP contribution in [0, 0.1) is 25.2 Å². The molecule has 0 unspecified atom stereocenters. The molecular weight excluding hydrogens is 376 g/mol. The Kier molecular flexibility index (Phi) is 5.97. The fourth-order valence-electron chi connectivity index (χ4n) is 2.54. The molecule has 2 rings (SSSR count). The van der Waals surface area contributed by atoms with Gasteiger partial charge in [-0.15, -0.1) is 11.3 Å². The fraction of sp³-hybridized carbons (Fsp3) is 0.312. The minimum Gasteiger partial charge on any atom is -0.351 e. The van der Waals surface area contributed by atoms with E-state index >= 15 is 0 Å². The lowest BCUT2D eigenvalue weighted by Crippen LogP contribution is -2.23. The Labute approximate surface area is 154 Å². The fourth-order valence-corrected chi connectivity index (χ4v) is 4.26. The summed E-state index contributed by atoms with van der Waals surface area (Å²) in [5.74, 6) is -0.223. The molecule has 4 N–H and O–H groups in total. The van der Waals surface area contributed by atoms with E-state index in [1.54, 1.807) is 19.9 Å². The number of nitrogens with one attached hydrogen (secondary N) is 2. The van der Waals surface area contributed by atoms with Gasteiger partial charge in [0.1, 0.15) is 15.8 Å². The second-order valence-electron chi connectivity index (χ2n) is 5.71. The third-order valence-corrected chi connectivity index (χ3v) is 6.42. The van der Waals surface area contributed by atoms with Crippen LogP contribution in [-0.2, 0) is 27.8 Å². The number of sulfonamides is 1. The van der Waals surface area contributed by atoms with Crippen LogP contribution in [0.3, 0.4) is 0 Å². The highest BCUT2D eigenvalue weighted by molar-refractivity contribution is 7.91. The van der Waals surface area contributed by atoms with Crippen molar-refractivity contribution < 1.29 is 13.2 Å². The molecule has 26 heavy (non-hydrogen) atoms. The van der Waals surface area contributed by atoms with E-state index in [-0.39, 0.29) is 28.6 Å². The highest BCUT2D eigenvalue weighted by Crippen LogP contribution is 2.20. The molecule has 2 aromatic rings. The molecule has 10 heteroatoms. The minimum absolute atomic E-state index is 0.0465. The molecular formula is C16H18N4O4S2. The van der Waals surface area contributed by atoms with Crippen molar-refractivity contribution in [2.24, 2.45) is 5.14 Å². The largest absolute Gasteiger partial charge is 0.351 e. The first-order valence-electron chi connectivity index (χ1n) is 7.64. The van der Waals surface area contributed by atoms with Crippen molar-refractivity contribution in [3.63, 3.8) is 0 Å². The number of nitrogens with zero attached hydrogens (tertiary/aromatic N) is 1. The number of rotatable bonds is 6. The zero-order valence-electron chi connectivity index (χ0n) is 14.3. The van der Waals surface area contributed by atoms with Crippen LogP contribution in [0.4, 0.5) is 0 Å². The molecule has 0 aliphatic heterocycles. The highest BCUT2D eigenvalue weighted by atomic mass is 32.2. The van der Waals surface area contributed by atoms with Gasteiger partial charge < -0.3 is 10.3 Å². The number of nitriles is 1. The summed E-state index contributed by atoms with van der Waals surface area (Å²) in [6.45, 7) is 3.61. The van der Waals surface area contributed by atoms with E-state index in [9.17, 15) is 18.0 Å². The van der Waals surface area contributed by atoms with Crippen molar-refractivity contribution in [3.05, 3.63) is 49.7 Å². The Balaban J connectivity index is 1.99. The summed E-state index contributed by atoms with van der Waals surface area (Å²) in [6.07, 6.45) is 0.549. The Morgan fingerprint density at radius 2 is 2.08 bits per heavy atom. The minimum atomic E-state index is -3.74. The van der Waals surface area contributed by atoms with E-state index in [0.29, 0.717) is 22.6 Å². The molecule has 0 spiro atoms. The molecule has 0 radical (unpaired) electrons. The Bertz CT molecular complexity index is 1050. The van der Waals surface area contributed by atoms with Crippen LogP contribution in [0.15, 0.2) is 21.1 Å². The van der Waals surface area contributed by atoms with Crippen molar-refractivity contribution >= 4 is 27.3 Å². The predicted molar refractivity (Wildman–Crippen MR) is 97.1 cm³/mol. The van der Waals surface area contributed by atoms with Gasteiger partial charge in [0.2, 0.25) is 15.9 Å². The van der Waals surface area contributed by atoms with Gasteiger partial charge in [0.25, 0.3) is 5.56 Å². The molecule has 138 valence electrons. The number of aromatic nitrogens is 1. The molecule has 0 bridgehead atoms. The molecule has 0 saturated heterocycles. The van der Waals surface area contributed by atoms with Crippen molar-refractivity contribution in [2.75, 3.05) is 0 Å². The van der Waals surface area contributed by atoms with Gasteiger partial charge in [-0.1, -0.05) is 0 Å². The van der Waals surface area contributed by atoms with Gasteiger partial charge in [-0.3, -0.25) is 9.59 Å². The molecule has 0 atom stereocenters. The number of hydrogen-bond donors (Lipinski definition) is 3.